The normalized spacial score (nSPS) is 14.1. The quantitative estimate of drug-likeness (QED) is 0.901. The van der Waals surface area contributed by atoms with Gasteiger partial charge in [-0.3, -0.25) is 0 Å². The molecule has 1 aromatic carbocycles. The van der Waals surface area contributed by atoms with E-state index in [4.69, 9.17) is 0 Å². The van der Waals surface area contributed by atoms with Crippen molar-refractivity contribution < 1.29 is 8.78 Å². The Morgan fingerprint density at radius 3 is 2.52 bits per heavy atom. The molecule has 0 bridgehead atoms. The van der Waals surface area contributed by atoms with Crippen LogP contribution in [0.4, 0.5) is 26.1 Å². The molecule has 0 radical (unpaired) electrons. The zero-order chi connectivity index (χ0) is 15.0. The van der Waals surface area contributed by atoms with Gasteiger partial charge in [0.1, 0.15) is 29.0 Å². The van der Waals surface area contributed by atoms with E-state index in [-0.39, 0.29) is 5.69 Å². The summed E-state index contributed by atoms with van der Waals surface area (Å²) in [5, 5.41) is 5.68. The van der Waals surface area contributed by atoms with Crippen LogP contribution in [-0.4, -0.2) is 17.0 Å². The highest BCUT2D eigenvalue weighted by molar-refractivity contribution is 5.61. The monoisotopic (exact) mass is 290 g/mol. The van der Waals surface area contributed by atoms with Gasteiger partial charge in [-0.05, 0) is 31.4 Å². The van der Waals surface area contributed by atoms with Crippen molar-refractivity contribution in [1.29, 1.82) is 0 Å². The summed E-state index contributed by atoms with van der Waals surface area (Å²) in [6.45, 7) is 1.59. The lowest BCUT2D eigenvalue weighted by Gasteiger charge is -2.12. The maximum atomic E-state index is 14.0. The zero-order valence-corrected chi connectivity index (χ0v) is 11.9. The number of rotatable bonds is 4. The predicted molar refractivity (Wildman–Crippen MR) is 77.9 cm³/mol. The number of nitrogens with one attached hydrogen (secondary N) is 2. The van der Waals surface area contributed by atoms with Crippen LogP contribution in [0.2, 0.25) is 0 Å². The van der Waals surface area contributed by atoms with Gasteiger partial charge in [-0.25, -0.2) is 18.7 Å². The van der Waals surface area contributed by atoms with Crippen LogP contribution in [0.25, 0.3) is 0 Å². The third-order valence-corrected chi connectivity index (χ3v) is 3.48. The molecule has 1 fully saturated rings. The largest absolute Gasteiger partial charge is 0.373 e. The van der Waals surface area contributed by atoms with Gasteiger partial charge in [0, 0.05) is 19.0 Å². The van der Waals surface area contributed by atoms with Crippen LogP contribution in [-0.2, 0) is 0 Å². The molecular formula is C15H16F2N4. The van der Waals surface area contributed by atoms with Gasteiger partial charge in [-0.1, -0.05) is 6.07 Å². The van der Waals surface area contributed by atoms with E-state index in [1.54, 1.807) is 20.0 Å². The number of aromatic nitrogens is 2. The average Bonchev–Trinajstić information content (AvgIpc) is 3.32. The van der Waals surface area contributed by atoms with E-state index >= 15 is 0 Å². The molecule has 0 amide bonds. The summed E-state index contributed by atoms with van der Waals surface area (Å²) in [6, 6.07) is 4.28. The van der Waals surface area contributed by atoms with E-state index in [9.17, 15) is 8.78 Å². The topological polar surface area (TPSA) is 49.8 Å². The summed E-state index contributed by atoms with van der Waals surface area (Å²) in [5.74, 6) is 0.828. The van der Waals surface area contributed by atoms with Crippen molar-refractivity contribution in [2.75, 3.05) is 17.7 Å². The number of benzene rings is 1. The molecule has 0 atom stereocenters. The molecule has 2 aromatic rings. The fourth-order valence-corrected chi connectivity index (χ4v) is 2.08. The van der Waals surface area contributed by atoms with Gasteiger partial charge < -0.3 is 10.6 Å². The van der Waals surface area contributed by atoms with E-state index in [1.165, 1.54) is 12.1 Å². The Labute approximate surface area is 121 Å². The molecule has 2 N–H and O–H groups in total. The van der Waals surface area contributed by atoms with Gasteiger partial charge in [-0.2, -0.15) is 0 Å². The number of halogens is 2. The Kier molecular flexibility index (Phi) is 3.45. The first kappa shape index (κ1) is 13.7. The molecule has 6 heteroatoms. The molecule has 1 saturated carbocycles. The van der Waals surface area contributed by atoms with Crippen molar-refractivity contribution >= 4 is 17.3 Å². The van der Waals surface area contributed by atoms with Crippen LogP contribution in [0, 0.1) is 18.6 Å². The smallest absolute Gasteiger partial charge is 0.152 e. The molecule has 1 heterocycles. The van der Waals surface area contributed by atoms with Crippen molar-refractivity contribution in [2.45, 2.75) is 25.7 Å². The highest BCUT2D eigenvalue weighted by Crippen LogP contribution is 2.39. The number of anilines is 3. The van der Waals surface area contributed by atoms with Crippen molar-refractivity contribution in [3.05, 3.63) is 41.2 Å². The van der Waals surface area contributed by atoms with Crippen LogP contribution < -0.4 is 10.6 Å². The second-order valence-corrected chi connectivity index (χ2v) is 5.20. The van der Waals surface area contributed by atoms with Crippen molar-refractivity contribution in [3.63, 3.8) is 0 Å². The molecule has 0 saturated heterocycles. The second-order valence-electron chi connectivity index (χ2n) is 5.20. The molecule has 21 heavy (non-hydrogen) atoms. The lowest BCUT2D eigenvalue weighted by atomic mass is 10.2. The SMILES string of the molecule is CNc1cc(Nc2c(F)ccc(C)c2F)nc(C2CC2)n1. The van der Waals surface area contributed by atoms with Crippen LogP contribution in [0.1, 0.15) is 30.1 Å². The Balaban J connectivity index is 1.98. The van der Waals surface area contributed by atoms with Gasteiger partial charge in [0.25, 0.3) is 0 Å². The molecule has 0 unspecified atom stereocenters. The molecule has 1 aromatic heterocycles. The Morgan fingerprint density at radius 2 is 1.86 bits per heavy atom. The third kappa shape index (κ3) is 2.79. The summed E-state index contributed by atoms with van der Waals surface area (Å²) < 4.78 is 27.8. The molecule has 0 spiro atoms. The van der Waals surface area contributed by atoms with Crippen LogP contribution in [0.3, 0.4) is 0 Å². The first-order chi connectivity index (χ1) is 10.1. The fourth-order valence-electron chi connectivity index (χ4n) is 2.08. The number of hydrogen-bond donors (Lipinski definition) is 2. The summed E-state index contributed by atoms with van der Waals surface area (Å²) in [6.07, 6.45) is 2.11. The number of hydrogen-bond acceptors (Lipinski definition) is 4. The third-order valence-electron chi connectivity index (χ3n) is 3.48. The minimum atomic E-state index is -0.643. The van der Waals surface area contributed by atoms with E-state index in [2.05, 4.69) is 20.6 Å². The van der Waals surface area contributed by atoms with Crippen LogP contribution >= 0.6 is 0 Å². The zero-order valence-electron chi connectivity index (χ0n) is 11.9. The van der Waals surface area contributed by atoms with E-state index in [1.807, 2.05) is 0 Å². The molecule has 3 rings (SSSR count). The van der Waals surface area contributed by atoms with Crippen molar-refractivity contribution in [1.82, 2.24) is 9.97 Å². The number of nitrogens with zero attached hydrogens (tertiary/aromatic N) is 2. The molecule has 1 aliphatic carbocycles. The van der Waals surface area contributed by atoms with Crippen molar-refractivity contribution in [3.8, 4) is 0 Å². The first-order valence-corrected chi connectivity index (χ1v) is 6.87. The molecular weight excluding hydrogens is 274 g/mol. The predicted octanol–water partition coefficient (Wildman–Crippen LogP) is 3.73. The van der Waals surface area contributed by atoms with Gasteiger partial charge in [0.2, 0.25) is 0 Å². The molecule has 1 aliphatic rings. The summed E-state index contributed by atoms with van der Waals surface area (Å²) in [4.78, 5) is 8.72. The number of aryl methyl sites for hydroxylation is 1. The van der Waals surface area contributed by atoms with Gasteiger partial charge in [0.05, 0.1) is 0 Å². The minimum Gasteiger partial charge on any atom is -0.373 e. The van der Waals surface area contributed by atoms with Crippen LogP contribution in [0.5, 0.6) is 0 Å². The second kappa shape index (κ2) is 5.27. The highest BCUT2D eigenvalue weighted by Gasteiger charge is 2.27. The van der Waals surface area contributed by atoms with E-state index in [0.717, 1.165) is 12.8 Å². The standard InChI is InChI=1S/C15H16F2N4/c1-8-3-6-10(16)14(13(8)17)19-12-7-11(18-2)20-15(21-12)9-4-5-9/h3,6-7,9H,4-5H2,1-2H3,(H2,18,19,20,21). The van der Waals surface area contributed by atoms with Crippen LogP contribution in [0.15, 0.2) is 18.2 Å². The first-order valence-electron chi connectivity index (χ1n) is 6.87. The van der Waals surface area contributed by atoms with Crippen molar-refractivity contribution in [2.24, 2.45) is 0 Å². The fraction of sp³-hybridized carbons (Fsp3) is 0.333. The van der Waals surface area contributed by atoms with E-state index in [0.29, 0.717) is 28.9 Å². The highest BCUT2D eigenvalue weighted by atomic mass is 19.1. The Bertz CT molecular complexity index is 684. The maximum Gasteiger partial charge on any atom is 0.152 e. The molecule has 110 valence electrons. The van der Waals surface area contributed by atoms with E-state index < -0.39 is 11.6 Å². The lowest BCUT2D eigenvalue weighted by molar-refractivity contribution is 0.584. The minimum absolute atomic E-state index is 0.183. The van der Waals surface area contributed by atoms with Gasteiger partial charge in [0.15, 0.2) is 5.82 Å². The molecule has 4 nitrogen and oxygen atoms in total. The Morgan fingerprint density at radius 1 is 1.14 bits per heavy atom. The summed E-state index contributed by atoms with van der Waals surface area (Å²) in [7, 11) is 1.75. The van der Waals surface area contributed by atoms with Gasteiger partial charge >= 0.3 is 0 Å². The maximum absolute atomic E-state index is 14.0. The average molecular weight is 290 g/mol. The lowest BCUT2D eigenvalue weighted by Crippen LogP contribution is -2.05. The molecule has 0 aliphatic heterocycles. The summed E-state index contributed by atoms with van der Waals surface area (Å²) >= 11 is 0. The Hall–Kier alpha value is -2.24. The van der Waals surface area contributed by atoms with Gasteiger partial charge in [-0.15, -0.1) is 0 Å². The summed E-state index contributed by atoms with van der Waals surface area (Å²) in [5.41, 5.74) is 0.196.